The van der Waals surface area contributed by atoms with Crippen molar-refractivity contribution >= 4 is 52.1 Å². The molecule has 1 aromatic carbocycles. The number of carbonyl (C=O) groups excluding carboxylic acids is 4. The number of hydrogen-bond acceptors (Lipinski definition) is 14. The number of benzene rings is 1. The fourth-order valence-electron chi connectivity index (χ4n) is 8.41. The quantitative estimate of drug-likeness (QED) is 0.110. The molecule has 18 nitrogen and oxygen atoms in total. The van der Waals surface area contributed by atoms with Crippen molar-refractivity contribution in [3.63, 3.8) is 0 Å². The maximum Gasteiger partial charge on any atom is 0.270 e. The number of aromatic nitrogens is 4. The zero-order valence-electron chi connectivity index (χ0n) is 34.0. The van der Waals surface area contributed by atoms with Crippen molar-refractivity contribution in [1.82, 2.24) is 39.5 Å². The van der Waals surface area contributed by atoms with Crippen LogP contribution in [0.5, 0.6) is 5.75 Å². The van der Waals surface area contributed by atoms with Gasteiger partial charge in [-0.15, -0.1) is 0 Å². The molecular weight excluding hydrogens is 773 g/mol. The van der Waals surface area contributed by atoms with E-state index in [1.807, 2.05) is 18.3 Å². The molecule has 4 amide bonds. The number of nitrogens with one attached hydrogen (secondary N) is 2. The molecule has 2 atom stereocenters. The van der Waals surface area contributed by atoms with Gasteiger partial charge in [-0.1, -0.05) is 18.9 Å². The number of piperidine rings is 1. The first-order chi connectivity index (χ1) is 29.2. The van der Waals surface area contributed by atoms with E-state index in [-0.39, 0.29) is 54.9 Å². The van der Waals surface area contributed by atoms with Crippen molar-refractivity contribution in [3.8, 4) is 5.75 Å². The number of ether oxygens (including phenoxy) is 3. The molecule has 2 saturated heterocycles. The minimum absolute atomic E-state index is 0.0373. The first-order valence-electron chi connectivity index (χ1n) is 20.7. The van der Waals surface area contributed by atoms with Gasteiger partial charge in [0, 0.05) is 64.4 Å². The highest BCUT2D eigenvalue weighted by Crippen LogP contribution is 2.36. The van der Waals surface area contributed by atoms with E-state index in [0.29, 0.717) is 37.3 Å². The lowest BCUT2D eigenvalue weighted by Crippen LogP contribution is -2.55. The lowest BCUT2D eigenvalue weighted by molar-refractivity contribution is -0.131. The first-order valence-corrected chi connectivity index (χ1v) is 20.7. The van der Waals surface area contributed by atoms with Crippen LogP contribution in [0, 0.1) is 0 Å². The largest absolute Gasteiger partial charge is 0.490 e. The third-order valence-corrected chi connectivity index (χ3v) is 11.6. The second-order valence-corrected chi connectivity index (χ2v) is 15.7. The molecule has 8 rings (SSSR count). The third-order valence-electron chi connectivity index (χ3n) is 11.6. The minimum Gasteiger partial charge on any atom is -0.490 e. The van der Waals surface area contributed by atoms with Gasteiger partial charge < -0.3 is 44.3 Å². The van der Waals surface area contributed by atoms with E-state index in [9.17, 15) is 24.3 Å². The maximum absolute atomic E-state index is 13.3. The lowest BCUT2D eigenvalue weighted by atomic mass is 10.0. The van der Waals surface area contributed by atoms with E-state index in [1.54, 1.807) is 43.4 Å². The number of pyridine rings is 1. The van der Waals surface area contributed by atoms with E-state index < -0.39 is 30.0 Å². The molecule has 3 aromatic heterocycles. The zero-order valence-corrected chi connectivity index (χ0v) is 34.0. The molecule has 3 N–H and O–H groups in total. The second-order valence-electron chi connectivity index (χ2n) is 15.7. The summed E-state index contributed by atoms with van der Waals surface area (Å²) < 4.78 is 19.4. The Labute approximate surface area is 347 Å². The number of carbonyl (C=O) groups is 4. The number of fused-ring (bicyclic) bond motifs is 2. The van der Waals surface area contributed by atoms with Gasteiger partial charge in [-0.25, -0.2) is 9.97 Å². The van der Waals surface area contributed by atoms with Gasteiger partial charge in [-0.2, -0.15) is 4.98 Å². The van der Waals surface area contributed by atoms with Crippen LogP contribution in [0.4, 0.5) is 17.5 Å². The summed E-state index contributed by atoms with van der Waals surface area (Å²) in [5, 5.41) is 16.2. The van der Waals surface area contributed by atoms with Gasteiger partial charge in [-0.05, 0) is 56.0 Å². The number of hydrogen-bond donors (Lipinski definition) is 3. The Bertz CT molecular complexity index is 2200. The highest BCUT2D eigenvalue weighted by Gasteiger charge is 2.46. The van der Waals surface area contributed by atoms with E-state index in [2.05, 4.69) is 41.0 Å². The minimum atomic E-state index is -0.987. The Kier molecular flexibility index (Phi) is 12.5. The molecular formula is C42H52N10O8. The van der Waals surface area contributed by atoms with Crippen LogP contribution in [0.3, 0.4) is 0 Å². The van der Waals surface area contributed by atoms with Crippen molar-refractivity contribution in [2.45, 2.75) is 56.8 Å². The number of aliphatic hydroxyl groups excluding tert-OH is 1. The fraction of sp³-hybridized carbons (Fsp3) is 0.500. The first kappa shape index (κ1) is 41.1. The van der Waals surface area contributed by atoms with E-state index >= 15 is 0 Å². The van der Waals surface area contributed by atoms with Crippen molar-refractivity contribution in [1.29, 1.82) is 0 Å². The van der Waals surface area contributed by atoms with E-state index in [4.69, 9.17) is 19.2 Å². The Morgan fingerprint density at radius 2 is 1.67 bits per heavy atom. The zero-order chi connectivity index (χ0) is 41.8. The average molecular weight is 825 g/mol. The summed E-state index contributed by atoms with van der Waals surface area (Å²) in [6, 6.07) is 9.96. The van der Waals surface area contributed by atoms with Crippen LogP contribution >= 0.6 is 0 Å². The van der Waals surface area contributed by atoms with Crippen LogP contribution in [-0.4, -0.2) is 155 Å². The van der Waals surface area contributed by atoms with Gasteiger partial charge in [-0.3, -0.25) is 29.0 Å². The molecule has 3 fully saturated rings. The molecule has 60 heavy (non-hydrogen) atoms. The van der Waals surface area contributed by atoms with Gasteiger partial charge in [0.2, 0.25) is 11.9 Å². The number of rotatable bonds is 16. The van der Waals surface area contributed by atoms with Crippen LogP contribution in [0.1, 0.15) is 75.8 Å². The molecule has 318 valence electrons. The van der Waals surface area contributed by atoms with Gasteiger partial charge in [0.1, 0.15) is 41.8 Å². The number of amides is 4. The van der Waals surface area contributed by atoms with Crippen molar-refractivity contribution < 1.29 is 38.5 Å². The van der Waals surface area contributed by atoms with E-state index in [1.165, 1.54) is 0 Å². The Morgan fingerprint density at radius 1 is 0.900 bits per heavy atom. The van der Waals surface area contributed by atoms with Gasteiger partial charge in [0.05, 0.1) is 49.4 Å². The number of aliphatic hydroxyl groups is 1. The predicted octanol–water partition coefficient (Wildman–Crippen LogP) is 2.81. The normalized spacial score (nSPS) is 19.9. The topological polar surface area (TPSA) is 197 Å². The molecule has 0 spiro atoms. The van der Waals surface area contributed by atoms with Gasteiger partial charge in [0.15, 0.2) is 0 Å². The molecule has 4 aromatic rings. The summed E-state index contributed by atoms with van der Waals surface area (Å²) in [6.07, 6.45) is 7.43. The summed E-state index contributed by atoms with van der Waals surface area (Å²) in [5.74, 6) is -0.387. The predicted molar refractivity (Wildman–Crippen MR) is 220 cm³/mol. The molecule has 1 saturated carbocycles. The summed E-state index contributed by atoms with van der Waals surface area (Å²) in [7, 11) is 3.54. The summed E-state index contributed by atoms with van der Waals surface area (Å²) >= 11 is 0. The fourth-order valence-corrected chi connectivity index (χ4v) is 8.41. The van der Waals surface area contributed by atoms with Crippen molar-refractivity contribution in [2.75, 3.05) is 90.1 Å². The molecule has 0 bridgehead atoms. The molecule has 18 heteroatoms. The van der Waals surface area contributed by atoms with Crippen LogP contribution in [0.15, 0.2) is 48.8 Å². The monoisotopic (exact) mass is 824 g/mol. The number of nitrogens with zero attached hydrogens (tertiary/aromatic N) is 8. The van der Waals surface area contributed by atoms with Gasteiger partial charge >= 0.3 is 0 Å². The summed E-state index contributed by atoms with van der Waals surface area (Å²) in [5.41, 5.74) is 2.78. The Hall–Kier alpha value is -5.69. The third kappa shape index (κ3) is 8.77. The Morgan fingerprint density at radius 3 is 2.40 bits per heavy atom. The standard InChI is InChI=1S/C42H52N10O8/c1-48(2)40(56)32-24-27-25-44-42(47-37(27)51(32)28-6-3-4-7-28)45-34-12-10-29(26-43-34)50-16-14-49(15-17-50)18-19-58-20-21-59-22-23-60-33-9-5-8-30-36(33)41(57)52(39(30)55)31-11-13-35(53)46-38(31)54/h5,8-10,12,24-26,28,31,35,53H,3-4,6-7,11,13-23H2,1-2H3,(H,46,54)(H,43,44,45,47). The molecule has 0 radical (unpaired) electrons. The van der Waals surface area contributed by atoms with Crippen LogP contribution < -0.4 is 20.3 Å². The van der Waals surface area contributed by atoms with Gasteiger partial charge in [0.25, 0.3) is 17.7 Å². The molecule has 2 unspecified atom stereocenters. The van der Waals surface area contributed by atoms with Crippen LogP contribution in [0.2, 0.25) is 0 Å². The summed E-state index contributed by atoms with van der Waals surface area (Å²) in [4.78, 5) is 73.1. The lowest BCUT2D eigenvalue weighted by Gasteiger charge is -2.35. The second kappa shape index (κ2) is 18.3. The smallest absolute Gasteiger partial charge is 0.270 e. The average Bonchev–Trinajstić information content (AvgIpc) is 3.97. The molecule has 6 heterocycles. The molecule has 3 aliphatic heterocycles. The number of anilines is 3. The van der Waals surface area contributed by atoms with Crippen molar-refractivity contribution in [2.24, 2.45) is 0 Å². The highest BCUT2D eigenvalue weighted by molar-refractivity contribution is 6.24. The molecule has 1 aliphatic carbocycles. The van der Waals surface area contributed by atoms with Crippen LogP contribution in [0.25, 0.3) is 11.0 Å². The number of piperazine rings is 1. The molecule has 4 aliphatic rings. The van der Waals surface area contributed by atoms with Crippen molar-refractivity contribution in [3.05, 3.63) is 65.6 Å². The highest BCUT2D eigenvalue weighted by atomic mass is 16.5. The maximum atomic E-state index is 13.3. The van der Waals surface area contributed by atoms with Crippen LogP contribution in [-0.2, 0) is 14.3 Å². The Balaban J connectivity index is 0.726. The number of imide groups is 1. The SMILES string of the molecule is CN(C)C(=O)c1cc2cnc(Nc3ccc(N4CCN(CCOCCOCCOc5cccc6c5C(=O)N(C5CCC(O)NC5=O)C6=O)CC4)cn3)nc2n1C1CCCC1. The summed E-state index contributed by atoms with van der Waals surface area (Å²) in [6.45, 7) is 6.15. The van der Waals surface area contributed by atoms with E-state index in [0.717, 1.165) is 80.0 Å².